The monoisotopic (exact) mass is 464 g/mol. The van der Waals surface area contributed by atoms with E-state index in [0.717, 1.165) is 60.5 Å². The van der Waals surface area contributed by atoms with Crippen molar-refractivity contribution in [3.63, 3.8) is 0 Å². The molecule has 2 aliphatic heterocycles. The third-order valence-electron chi connectivity index (χ3n) is 7.72. The number of ether oxygens (including phenoxy) is 1. The van der Waals surface area contributed by atoms with Crippen LogP contribution < -0.4 is 4.74 Å². The first kappa shape index (κ1) is 22.1. The number of aromatic nitrogens is 1. The van der Waals surface area contributed by atoms with Crippen LogP contribution in [0.3, 0.4) is 0 Å². The van der Waals surface area contributed by atoms with E-state index >= 15 is 0 Å². The average Bonchev–Trinajstić information content (AvgIpc) is 3.40. The highest BCUT2D eigenvalue weighted by molar-refractivity contribution is 6.03. The van der Waals surface area contributed by atoms with Crippen LogP contribution in [0, 0.1) is 11.8 Å². The number of fused-ring (bicyclic) bond motifs is 3. The van der Waals surface area contributed by atoms with Crippen molar-refractivity contribution in [1.82, 2.24) is 9.47 Å². The van der Waals surface area contributed by atoms with Crippen LogP contribution in [0.5, 0.6) is 5.75 Å². The number of carbonyl (C=O) groups is 1. The van der Waals surface area contributed by atoms with Crippen LogP contribution >= 0.6 is 0 Å². The standard InChI is InChI=1S/C31H32N2O2/c34-31-27(17-23-13-15-32(16-14-23)20-24-7-3-1-4-8-24)21-33-29-12-11-28(18-26(29)19-30(31)33)35-22-25-9-5-2-6-10-25/h1-12,18-19,23,27H,13-17,20-22H2. The second-order valence-electron chi connectivity index (χ2n) is 10.1. The quantitative estimate of drug-likeness (QED) is 0.320. The van der Waals surface area contributed by atoms with Crippen LogP contribution in [0.2, 0.25) is 0 Å². The topological polar surface area (TPSA) is 34.5 Å². The second-order valence-corrected chi connectivity index (χ2v) is 10.1. The number of piperidine rings is 1. The van der Waals surface area contributed by atoms with Crippen LogP contribution in [0.1, 0.15) is 40.9 Å². The van der Waals surface area contributed by atoms with Crippen molar-refractivity contribution in [2.75, 3.05) is 13.1 Å². The van der Waals surface area contributed by atoms with E-state index in [-0.39, 0.29) is 5.92 Å². The van der Waals surface area contributed by atoms with Gasteiger partial charge in [0.25, 0.3) is 0 Å². The fourth-order valence-electron chi connectivity index (χ4n) is 5.80. The number of hydrogen-bond donors (Lipinski definition) is 0. The number of ketones is 1. The largest absolute Gasteiger partial charge is 0.489 e. The Morgan fingerprint density at radius 2 is 1.54 bits per heavy atom. The van der Waals surface area contributed by atoms with Crippen LogP contribution in [0.15, 0.2) is 84.9 Å². The summed E-state index contributed by atoms with van der Waals surface area (Å²) < 4.78 is 8.23. The zero-order valence-corrected chi connectivity index (χ0v) is 20.1. The molecule has 35 heavy (non-hydrogen) atoms. The van der Waals surface area contributed by atoms with E-state index in [0.29, 0.717) is 18.3 Å². The van der Waals surface area contributed by atoms with Crippen molar-refractivity contribution in [1.29, 1.82) is 0 Å². The van der Waals surface area contributed by atoms with E-state index in [1.54, 1.807) is 0 Å². The molecular formula is C31H32N2O2. The van der Waals surface area contributed by atoms with Crippen LogP contribution in [-0.2, 0) is 19.7 Å². The molecule has 1 aromatic heterocycles. The van der Waals surface area contributed by atoms with E-state index in [9.17, 15) is 4.79 Å². The Balaban J connectivity index is 1.06. The van der Waals surface area contributed by atoms with Gasteiger partial charge in [-0.25, -0.2) is 0 Å². The van der Waals surface area contributed by atoms with Crippen molar-refractivity contribution >= 4 is 16.7 Å². The minimum atomic E-state index is 0.120. The highest BCUT2D eigenvalue weighted by Gasteiger charge is 2.34. The number of nitrogens with zero attached hydrogens (tertiary/aromatic N) is 2. The van der Waals surface area contributed by atoms with Crippen molar-refractivity contribution in [2.24, 2.45) is 11.8 Å². The van der Waals surface area contributed by atoms with Gasteiger partial charge in [0.1, 0.15) is 12.4 Å². The van der Waals surface area contributed by atoms with Gasteiger partial charge in [0.15, 0.2) is 5.78 Å². The fraction of sp³-hybridized carbons (Fsp3) is 0.323. The summed E-state index contributed by atoms with van der Waals surface area (Å²) in [7, 11) is 0. The Bertz CT molecular complexity index is 1300. The van der Waals surface area contributed by atoms with Crippen molar-refractivity contribution in [3.8, 4) is 5.75 Å². The zero-order valence-electron chi connectivity index (χ0n) is 20.1. The highest BCUT2D eigenvalue weighted by Crippen LogP contribution is 2.35. The molecule has 3 heterocycles. The van der Waals surface area contributed by atoms with Gasteiger partial charge in [-0.15, -0.1) is 0 Å². The van der Waals surface area contributed by atoms with Gasteiger partial charge in [0.2, 0.25) is 0 Å². The third kappa shape index (κ3) is 4.76. The van der Waals surface area contributed by atoms with Crippen LogP contribution in [-0.4, -0.2) is 28.3 Å². The molecule has 6 rings (SSSR count). The average molecular weight is 465 g/mol. The Hall–Kier alpha value is -3.37. The molecule has 1 saturated heterocycles. The molecule has 4 nitrogen and oxygen atoms in total. The summed E-state index contributed by atoms with van der Waals surface area (Å²) >= 11 is 0. The number of Topliss-reactive ketones (excluding diaryl/α,β-unsaturated/α-hetero) is 1. The summed E-state index contributed by atoms with van der Waals surface area (Å²) in [6, 6.07) is 29.2. The van der Waals surface area contributed by atoms with E-state index in [2.05, 4.69) is 70.1 Å². The smallest absolute Gasteiger partial charge is 0.184 e. The molecule has 4 aromatic rings. The predicted octanol–water partition coefficient (Wildman–Crippen LogP) is 6.34. The Morgan fingerprint density at radius 3 is 2.29 bits per heavy atom. The maximum Gasteiger partial charge on any atom is 0.184 e. The van der Waals surface area contributed by atoms with Gasteiger partial charge in [0.05, 0.1) is 5.69 Å². The van der Waals surface area contributed by atoms with Gasteiger partial charge >= 0.3 is 0 Å². The molecule has 1 unspecified atom stereocenters. The van der Waals surface area contributed by atoms with Gasteiger partial charge in [-0.1, -0.05) is 60.7 Å². The number of rotatable bonds is 7. The summed E-state index contributed by atoms with van der Waals surface area (Å²) in [6.07, 6.45) is 3.39. The minimum Gasteiger partial charge on any atom is -0.489 e. The molecule has 0 aliphatic carbocycles. The number of carbonyl (C=O) groups excluding carboxylic acids is 1. The number of likely N-dealkylation sites (tertiary alicyclic amines) is 1. The predicted molar refractivity (Wildman–Crippen MR) is 140 cm³/mol. The number of benzene rings is 3. The second kappa shape index (κ2) is 9.71. The maximum absolute atomic E-state index is 13.3. The van der Waals surface area contributed by atoms with E-state index in [1.165, 1.54) is 18.4 Å². The molecule has 0 radical (unpaired) electrons. The summed E-state index contributed by atoms with van der Waals surface area (Å²) in [5.74, 6) is 1.93. The summed E-state index contributed by atoms with van der Waals surface area (Å²) in [5.41, 5.74) is 4.54. The molecule has 0 bridgehead atoms. The van der Waals surface area contributed by atoms with Crippen LogP contribution in [0.25, 0.3) is 10.9 Å². The summed E-state index contributed by atoms with van der Waals surface area (Å²) in [6.45, 7) is 4.64. The molecular weight excluding hydrogens is 432 g/mol. The van der Waals surface area contributed by atoms with Gasteiger partial charge in [-0.05, 0) is 73.7 Å². The first-order valence-electron chi connectivity index (χ1n) is 12.8. The molecule has 2 aliphatic rings. The van der Waals surface area contributed by atoms with Gasteiger partial charge in [-0.2, -0.15) is 0 Å². The van der Waals surface area contributed by atoms with E-state index in [1.807, 2.05) is 24.3 Å². The van der Waals surface area contributed by atoms with Crippen molar-refractivity contribution < 1.29 is 9.53 Å². The molecule has 0 saturated carbocycles. The Kier molecular flexibility index (Phi) is 6.13. The molecule has 1 atom stereocenters. The lowest BCUT2D eigenvalue weighted by atomic mass is 9.85. The lowest BCUT2D eigenvalue weighted by molar-refractivity contribution is 0.0894. The van der Waals surface area contributed by atoms with E-state index in [4.69, 9.17) is 4.74 Å². The Morgan fingerprint density at radius 1 is 0.829 bits per heavy atom. The molecule has 0 spiro atoms. The molecule has 0 amide bonds. The van der Waals surface area contributed by atoms with E-state index < -0.39 is 0 Å². The van der Waals surface area contributed by atoms with Gasteiger partial charge in [0, 0.05) is 29.9 Å². The first-order chi connectivity index (χ1) is 17.2. The van der Waals surface area contributed by atoms with Crippen LogP contribution in [0.4, 0.5) is 0 Å². The first-order valence-corrected chi connectivity index (χ1v) is 12.8. The molecule has 4 heteroatoms. The Labute approximate surface area is 207 Å². The minimum absolute atomic E-state index is 0.120. The lowest BCUT2D eigenvalue weighted by Gasteiger charge is -2.32. The normalized spacial score (nSPS) is 18.7. The highest BCUT2D eigenvalue weighted by atomic mass is 16.5. The van der Waals surface area contributed by atoms with Gasteiger partial charge in [-0.3, -0.25) is 9.69 Å². The molecule has 1 fully saturated rings. The maximum atomic E-state index is 13.3. The summed E-state index contributed by atoms with van der Waals surface area (Å²) in [4.78, 5) is 15.8. The zero-order chi connectivity index (χ0) is 23.6. The van der Waals surface area contributed by atoms with Crippen molar-refractivity contribution in [3.05, 3.63) is 102 Å². The molecule has 3 aromatic carbocycles. The molecule has 178 valence electrons. The summed E-state index contributed by atoms with van der Waals surface area (Å²) in [5, 5.41) is 1.09. The SMILES string of the molecule is O=C1c2cc3cc(OCc4ccccc4)ccc3n2CC1CC1CCN(Cc2ccccc2)CC1. The van der Waals surface area contributed by atoms with Crippen molar-refractivity contribution in [2.45, 2.75) is 39.0 Å². The molecule has 0 N–H and O–H groups in total. The van der Waals surface area contributed by atoms with Gasteiger partial charge < -0.3 is 9.30 Å². The fourth-order valence-corrected chi connectivity index (χ4v) is 5.80. The number of hydrogen-bond acceptors (Lipinski definition) is 3. The lowest BCUT2D eigenvalue weighted by Crippen LogP contribution is -2.34. The third-order valence-corrected chi connectivity index (χ3v) is 7.72.